The third-order valence-corrected chi connectivity index (χ3v) is 4.49. The molecule has 0 unspecified atom stereocenters. The molecule has 1 saturated carbocycles. The summed E-state index contributed by atoms with van der Waals surface area (Å²) in [4.78, 5) is 2.99. The van der Waals surface area contributed by atoms with Crippen LogP contribution in [0.25, 0.3) is 11.0 Å². The summed E-state index contributed by atoms with van der Waals surface area (Å²) in [6.45, 7) is 2.08. The normalized spacial score (nSPS) is 18.9. The van der Waals surface area contributed by atoms with Crippen LogP contribution < -0.4 is 0 Å². The lowest BCUT2D eigenvalue weighted by molar-refractivity contribution is 0.221. The monoisotopic (exact) mass is 282 g/mol. The standard InChI is InChI=1S/C14H16F2N2S/c1-14(7-3-2-4-8-14)18-12-10(17-13(18)19)6-5-9(15)11(12)16/h5-6H,2-4,7-8H2,1H3,(H,17,19). The maximum atomic E-state index is 14.1. The average molecular weight is 282 g/mol. The summed E-state index contributed by atoms with van der Waals surface area (Å²) in [6.07, 6.45) is 5.29. The molecule has 0 atom stereocenters. The van der Waals surface area contributed by atoms with Gasteiger partial charge in [-0.2, -0.15) is 0 Å². The highest BCUT2D eigenvalue weighted by Crippen LogP contribution is 2.37. The zero-order valence-electron chi connectivity index (χ0n) is 10.8. The fraction of sp³-hybridized carbons (Fsp3) is 0.500. The van der Waals surface area contributed by atoms with Gasteiger partial charge in [0.1, 0.15) is 5.52 Å². The van der Waals surface area contributed by atoms with Crippen LogP contribution in [0.3, 0.4) is 0 Å². The van der Waals surface area contributed by atoms with Gasteiger partial charge in [0, 0.05) is 5.54 Å². The lowest BCUT2D eigenvalue weighted by Gasteiger charge is -2.35. The van der Waals surface area contributed by atoms with Crippen molar-refractivity contribution < 1.29 is 8.78 Å². The van der Waals surface area contributed by atoms with Crippen molar-refractivity contribution in [3.8, 4) is 0 Å². The molecule has 102 valence electrons. The van der Waals surface area contributed by atoms with Crippen molar-refractivity contribution in [3.63, 3.8) is 0 Å². The van der Waals surface area contributed by atoms with E-state index in [1.165, 1.54) is 6.42 Å². The number of rotatable bonds is 1. The molecule has 19 heavy (non-hydrogen) atoms. The van der Waals surface area contributed by atoms with E-state index in [9.17, 15) is 8.78 Å². The molecule has 0 bridgehead atoms. The van der Waals surface area contributed by atoms with Crippen LogP contribution in [0, 0.1) is 16.4 Å². The molecule has 1 heterocycles. The predicted octanol–water partition coefficient (Wildman–Crippen LogP) is 4.66. The summed E-state index contributed by atoms with van der Waals surface area (Å²) in [6, 6.07) is 2.68. The fourth-order valence-corrected chi connectivity index (χ4v) is 3.61. The van der Waals surface area contributed by atoms with Gasteiger partial charge >= 0.3 is 0 Å². The number of fused-ring (bicyclic) bond motifs is 1. The maximum absolute atomic E-state index is 14.1. The molecule has 0 amide bonds. The first kappa shape index (κ1) is 12.8. The Hall–Kier alpha value is -1.23. The number of aromatic amines is 1. The third-order valence-electron chi connectivity index (χ3n) is 4.21. The molecular weight excluding hydrogens is 266 g/mol. The van der Waals surface area contributed by atoms with Crippen molar-refractivity contribution in [2.24, 2.45) is 0 Å². The lowest BCUT2D eigenvalue weighted by Crippen LogP contribution is -2.32. The van der Waals surface area contributed by atoms with Crippen molar-refractivity contribution in [2.45, 2.75) is 44.6 Å². The summed E-state index contributed by atoms with van der Waals surface area (Å²) in [5, 5.41) is 0. The first-order chi connectivity index (χ1) is 9.03. The van der Waals surface area contributed by atoms with Crippen LogP contribution in [-0.2, 0) is 5.54 Å². The fourth-order valence-electron chi connectivity index (χ4n) is 3.18. The topological polar surface area (TPSA) is 20.7 Å². The number of benzene rings is 1. The Kier molecular flexibility index (Phi) is 2.96. The molecule has 1 aliphatic rings. The average Bonchev–Trinajstić information content (AvgIpc) is 2.73. The molecule has 3 rings (SSSR count). The molecule has 2 nitrogen and oxygen atoms in total. The highest BCUT2D eigenvalue weighted by atomic mass is 32.1. The summed E-state index contributed by atoms with van der Waals surface area (Å²) in [5.41, 5.74) is 0.618. The number of nitrogens with zero attached hydrogens (tertiary/aromatic N) is 1. The largest absolute Gasteiger partial charge is 0.330 e. The quantitative estimate of drug-likeness (QED) is 0.755. The molecule has 1 N–H and O–H groups in total. The van der Waals surface area contributed by atoms with Crippen molar-refractivity contribution >= 4 is 23.3 Å². The number of hydrogen-bond donors (Lipinski definition) is 1. The molecular formula is C14H16F2N2S. The van der Waals surface area contributed by atoms with Gasteiger partial charge in [0.2, 0.25) is 0 Å². The highest BCUT2D eigenvalue weighted by molar-refractivity contribution is 7.71. The van der Waals surface area contributed by atoms with E-state index < -0.39 is 11.6 Å². The molecule has 0 radical (unpaired) electrons. The number of aromatic nitrogens is 2. The number of H-pyrrole nitrogens is 1. The Morgan fingerprint density at radius 3 is 2.58 bits per heavy atom. The Bertz CT molecular complexity index is 681. The predicted molar refractivity (Wildman–Crippen MR) is 73.8 cm³/mol. The van der Waals surface area contributed by atoms with Crippen molar-refractivity contribution in [3.05, 3.63) is 28.5 Å². The van der Waals surface area contributed by atoms with Crippen LogP contribution in [0.15, 0.2) is 12.1 Å². The van der Waals surface area contributed by atoms with Gasteiger partial charge in [0.25, 0.3) is 0 Å². The molecule has 1 aromatic heterocycles. The second-order valence-electron chi connectivity index (χ2n) is 5.58. The van der Waals surface area contributed by atoms with Crippen LogP contribution in [0.5, 0.6) is 0 Å². The van der Waals surface area contributed by atoms with Crippen molar-refractivity contribution in [2.75, 3.05) is 0 Å². The third kappa shape index (κ3) is 1.91. The molecule has 0 saturated heterocycles. The summed E-state index contributed by atoms with van der Waals surface area (Å²) < 4.78 is 29.9. The smallest absolute Gasteiger partial charge is 0.184 e. The SMILES string of the molecule is CC1(n2c(=S)[nH]c3ccc(F)c(F)c32)CCCCC1. The highest BCUT2D eigenvalue weighted by Gasteiger charge is 2.32. The summed E-state index contributed by atoms with van der Waals surface area (Å²) >= 11 is 5.33. The van der Waals surface area contributed by atoms with Crippen LogP contribution in [0.1, 0.15) is 39.0 Å². The van der Waals surface area contributed by atoms with Gasteiger partial charge in [-0.25, -0.2) is 8.78 Å². The van der Waals surface area contributed by atoms with Gasteiger partial charge in [-0.05, 0) is 44.1 Å². The van der Waals surface area contributed by atoms with Gasteiger partial charge in [-0.15, -0.1) is 0 Å². The number of halogens is 2. The molecule has 1 aliphatic carbocycles. The van der Waals surface area contributed by atoms with Gasteiger partial charge in [-0.1, -0.05) is 19.3 Å². The minimum absolute atomic E-state index is 0.220. The molecule has 0 aliphatic heterocycles. The van der Waals surface area contributed by atoms with E-state index in [-0.39, 0.29) is 11.1 Å². The van der Waals surface area contributed by atoms with E-state index >= 15 is 0 Å². The zero-order valence-corrected chi connectivity index (χ0v) is 11.6. The number of imidazole rings is 1. The Morgan fingerprint density at radius 2 is 1.89 bits per heavy atom. The maximum Gasteiger partial charge on any atom is 0.184 e. The molecule has 1 fully saturated rings. The first-order valence-corrected chi connectivity index (χ1v) is 7.03. The molecule has 0 spiro atoms. The second kappa shape index (κ2) is 4.40. The number of hydrogen-bond acceptors (Lipinski definition) is 1. The van der Waals surface area contributed by atoms with Gasteiger partial charge in [0.05, 0.1) is 5.52 Å². The van der Waals surface area contributed by atoms with Crippen LogP contribution in [0.2, 0.25) is 0 Å². The Balaban J connectivity index is 2.31. The van der Waals surface area contributed by atoms with Crippen LogP contribution in [-0.4, -0.2) is 9.55 Å². The van der Waals surface area contributed by atoms with Gasteiger partial charge in [-0.3, -0.25) is 0 Å². The van der Waals surface area contributed by atoms with Crippen LogP contribution >= 0.6 is 12.2 Å². The number of nitrogens with one attached hydrogen (secondary N) is 1. The van der Waals surface area contributed by atoms with E-state index in [1.54, 1.807) is 10.6 Å². The zero-order chi connectivity index (χ0) is 13.6. The van der Waals surface area contributed by atoms with E-state index in [4.69, 9.17) is 12.2 Å². The summed E-state index contributed by atoms with van der Waals surface area (Å²) in [5.74, 6) is -1.63. The minimum atomic E-state index is -0.824. The second-order valence-corrected chi connectivity index (χ2v) is 5.97. The first-order valence-electron chi connectivity index (χ1n) is 6.62. The van der Waals surface area contributed by atoms with Crippen molar-refractivity contribution in [1.82, 2.24) is 9.55 Å². The van der Waals surface area contributed by atoms with E-state index in [2.05, 4.69) is 11.9 Å². The minimum Gasteiger partial charge on any atom is -0.330 e. The Labute approximate surface area is 115 Å². The van der Waals surface area contributed by atoms with Gasteiger partial charge in [0.15, 0.2) is 16.4 Å². The molecule has 1 aromatic carbocycles. The van der Waals surface area contributed by atoms with Gasteiger partial charge < -0.3 is 9.55 Å². The van der Waals surface area contributed by atoms with Crippen molar-refractivity contribution in [1.29, 1.82) is 0 Å². The van der Waals surface area contributed by atoms with E-state index in [1.807, 2.05) is 0 Å². The molecule has 2 aromatic rings. The molecule has 5 heteroatoms. The summed E-state index contributed by atoms with van der Waals surface area (Å²) in [7, 11) is 0. The van der Waals surface area contributed by atoms with Crippen LogP contribution in [0.4, 0.5) is 8.78 Å². The lowest BCUT2D eigenvalue weighted by atomic mass is 9.83. The van der Waals surface area contributed by atoms with E-state index in [0.29, 0.717) is 10.3 Å². The van der Waals surface area contributed by atoms with E-state index in [0.717, 1.165) is 31.7 Å². The Morgan fingerprint density at radius 1 is 1.21 bits per heavy atom.